The minimum absolute atomic E-state index is 0.356. The molecule has 2 N–H and O–H groups in total. The Morgan fingerprint density at radius 2 is 2.00 bits per heavy atom. The number of hydrogen-bond donors (Lipinski definition) is 2. The van der Waals surface area contributed by atoms with Crippen LogP contribution in [0.15, 0.2) is 55.1 Å². The number of β-amino-alcohol motifs (C(OH)–C–C–N with tert-alkyl or cyclic N) is 1. The van der Waals surface area contributed by atoms with Gasteiger partial charge in [-0.3, -0.25) is 9.67 Å². The predicted molar refractivity (Wildman–Crippen MR) is 141 cm³/mol. The number of ether oxygens (including phenoxy) is 1. The minimum Gasteiger partial charge on any atom is -0.444 e. The summed E-state index contributed by atoms with van der Waals surface area (Å²) in [6.45, 7) is 6.43. The lowest BCUT2D eigenvalue weighted by molar-refractivity contribution is 0.0402. The number of amides is 1. The van der Waals surface area contributed by atoms with Gasteiger partial charge in [-0.05, 0) is 57.5 Å². The topological polar surface area (TPSA) is 118 Å². The number of aliphatic hydroxyl groups excluding tert-OH is 1. The van der Waals surface area contributed by atoms with Gasteiger partial charge in [0.15, 0.2) is 0 Å². The van der Waals surface area contributed by atoms with Crippen molar-refractivity contribution in [2.75, 3.05) is 18.0 Å². The fourth-order valence-corrected chi connectivity index (χ4v) is 4.48. The van der Waals surface area contributed by atoms with Crippen LogP contribution in [0.1, 0.15) is 27.2 Å². The zero-order valence-electron chi connectivity index (χ0n) is 21.4. The van der Waals surface area contributed by atoms with Gasteiger partial charge in [-0.1, -0.05) is 0 Å². The molecule has 0 aromatic carbocycles. The van der Waals surface area contributed by atoms with Gasteiger partial charge in [-0.25, -0.2) is 14.8 Å². The van der Waals surface area contributed by atoms with Gasteiger partial charge in [-0.2, -0.15) is 5.10 Å². The highest BCUT2D eigenvalue weighted by Gasteiger charge is 2.31. The summed E-state index contributed by atoms with van der Waals surface area (Å²) in [5.74, 6) is 0.754. The van der Waals surface area contributed by atoms with E-state index < -0.39 is 17.8 Å². The molecule has 10 nitrogen and oxygen atoms in total. The summed E-state index contributed by atoms with van der Waals surface area (Å²) in [4.78, 5) is 28.3. The third-order valence-electron chi connectivity index (χ3n) is 6.23. The van der Waals surface area contributed by atoms with E-state index in [1.165, 1.54) is 0 Å². The van der Waals surface area contributed by atoms with Crippen molar-refractivity contribution in [2.45, 2.75) is 44.9 Å². The van der Waals surface area contributed by atoms with Crippen molar-refractivity contribution < 1.29 is 14.6 Å². The van der Waals surface area contributed by atoms with E-state index in [0.717, 1.165) is 39.2 Å². The second-order valence-corrected chi connectivity index (χ2v) is 10.3. The Labute approximate surface area is 215 Å². The van der Waals surface area contributed by atoms with Crippen LogP contribution < -0.4 is 10.2 Å². The summed E-state index contributed by atoms with van der Waals surface area (Å²) in [7, 11) is 1.87. The maximum Gasteiger partial charge on any atom is 0.407 e. The van der Waals surface area contributed by atoms with Crippen LogP contribution in [0, 0.1) is 0 Å². The molecule has 1 aliphatic rings. The molecule has 4 aromatic rings. The van der Waals surface area contributed by atoms with Gasteiger partial charge in [0.1, 0.15) is 11.4 Å². The number of pyridine rings is 3. The third-order valence-corrected chi connectivity index (χ3v) is 6.23. The lowest BCUT2D eigenvalue weighted by atomic mass is 10.0. The van der Waals surface area contributed by atoms with E-state index in [2.05, 4.69) is 20.4 Å². The summed E-state index contributed by atoms with van der Waals surface area (Å²) in [6, 6.07) is 9.42. The number of carbonyl (C=O) groups excluding carboxylic acids is 1. The number of hydrogen-bond acceptors (Lipinski definition) is 8. The lowest BCUT2D eigenvalue weighted by Crippen LogP contribution is -2.55. The second kappa shape index (κ2) is 9.78. The van der Waals surface area contributed by atoms with Crippen LogP contribution in [0.3, 0.4) is 0 Å². The molecule has 1 saturated heterocycles. The first-order chi connectivity index (χ1) is 17.7. The summed E-state index contributed by atoms with van der Waals surface area (Å²) >= 11 is 0. The first kappa shape index (κ1) is 24.6. The number of piperidine rings is 1. The molecule has 1 aliphatic heterocycles. The Morgan fingerprint density at radius 3 is 2.68 bits per heavy atom. The summed E-state index contributed by atoms with van der Waals surface area (Å²) in [6.07, 6.45) is 6.60. The number of alkyl carbamates (subject to hydrolysis) is 1. The minimum atomic E-state index is -0.740. The van der Waals surface area contributed by atoms with Gasteiger partial charge in [0.25, 0.3) is 0 Å². The Balaban J connectivity index is 1.34. The standard InChI is InChI=1S/C27H31N7O3/c1-27(2,3)37-26(36)32-20-9-11-34(16-23(20)35)24-8-7-17(13-29-24)25-19-6-5-10-28-22(19)12-21(31-25)18-14-30-33(4)15-18/h5-8,10,12-15,20,23,35H,9,11,16H2,1-4H3,(H,32,36)/t20-,23-/m0/s1. The molecule has 2 atom stereocenters. The molecule has 0 unspecified atom stereocenters. The largest absolute Gasteiger partial charge is 0.444 e. The molecule has 0 saturated carbocycles. The van der Waals surface area contributed by atoms with Crippen LogP contribution in [-0.4, -0.2) is 66.8 Å². The van der Waals surface area contributed by atoms with E-state index in [4.69, 9.17) is 9.72 Å². The molecule has 5 rings (SSSR count). The van der Waals surface area contributed by atoms with Crippen molar-refractivity contribution in [3.8, 4) is 22.5 Å². The number of anilines is 1. The Hall–Kier alpha value is -4.05. The van der Waals surface area contributed by atoms with Crippen molar-refractivity contribution in [1.82, 2.24) is 30.0 Å². The van der Waals surface area contributed by atoms with E-state index in [-0.39, 0.29) is 6.04 Å². The molecule has 37 heavy (non-hydrogen) atoms. The van der Waals surface area contributed by atoms with E-state index in [0.29, 0.717) is 19.5 Å². The average Bonchev–Trinajstić information content (AvgIpc) is 3.30. The van der Waals surface area contributed by atoms with Crippen molar-refractivity contribution in [3.63, 3.8) is 0 Å². The van der Waals surface area contributed by atoms with Crippen LogP contribution in [0.5, 0.6) is 0 Å². The number of rotatable bonds is 4. The fourth-order valence-electron chi connectivity index (χ4n) is 4.48. The highest BCUT2D eigenvalue weighted by Crippen LogP contribution is 2.31. The second-order valence-electron chi connectivity index (χ2n) is 10.3. The first-order valence-corrected chi connectivity index (χ1v) is 12.3. The van der Waals surface area contributed by atoms with Crippen molar-refractivity contribution in [2.24, 2.45) is 7.05 Å². The third kappa shape index (κ3) is 5.54. The summed E-state index contributed by atoms with van der Waals surface area (Å²) in [5.41, 5.74) is 3.63. The predicted octanol–water partition coefficient (Wildman–Crippen LogP) is 3.56. The van der Waals surface area contributed by atoms with Gasteiger partial charge in [0.05, 0.1) is 35.2 Å². The molecule has 0 aliphatic carbocycles. The van der Waals surface area contributed by atoms with Gasteiger partial charge in [0.2, 0.25) is 0 Å². The van der Waals surface area contributed by atoms with E-state index >= 15 is 0 Å². The van der Waals surface area contributed by atoms with Crippen LogP contribution in [-0.2, 0) is 11.8 Å². The fraction of sp³-hybridized carbons (Fsp3) is 0.370. The lowest BCUT2D eigenvalue weighted by Gasteiger charge is -2.37. The van der Waals surface area contributed by atoms with Crippen molar-refractivity contribution in [1.29, 1.82) is 0 Å². The molecule has 192 valence electrons. The van der Waals surface area contributed by atoms with E-state index in [1.54, 1.807) is 23.3 Å². The Kier molecular flexibility index (Phi) is 6.51. The van der Waals surface area contributed by atoms with Gasteiger partial charge >= 0.3 is 6.09 Å². The highest BCUT2D eigenvalue weighted by molar-refractivity contribution is 5.94. The number of aliphatic hydroxyl groups is 1. The summed E-state index contributed by atoms with van der Waals surface area (Å²) < 4.78 is 7.07. The molecule has 1 amide bonds. The zero-order valence-corrected chi connectivity index (χ0v) is 21.4. The molecule has 0 radical (unpaired) electrons. The van der Waals surface area contributed by atoms with Crippen molar-refractivity contribution in [3.05, 3.63) is 55.1 Å². The zero-order chi connectivity index (χ0) is 26.2. The van der Waals surface area contributed by atoms with Crippen LogP contribution in [0.25, 0.3) is 33.4 Å². The molecule has 4 aromatic heterocycles. The van der Waals surface area contributed by atoms with E-state index in [1.807, 2.05) is 69.2 Å². The molecule has 1 fully saturated rings. The van der Waals surface area contributed by atoms with E-state index in [9.17, 15) is 9.90 Å². The normalized spacial score (nSPS) is 18.1. The molecule has 0 bridgehead atoms. The van der Waals surface area contributed by atoms with Crippen LogP contribution >= 0.6 is 0 Å². The quantitative estimate of drug-likeness (QED) is 0.436. The molecular formula is C27H31N7O3. The number of fused-ring (bicyclic) bond motifs is 1. The summed E-state index contributed by atoms with van der Waals surface area (Å²) in [5, 5.41) is 18.7. The highest BCUT2D eigenvalue weighted by atomic mass is 16.6. The van der Waals surface area contributed by atoms with Crippen LogP contribution in [0.2, 0.25) is 0 Å². The Morgan fingerprint density at radius 1 is 1.16 bits per heavy atom. The van der Waals surface area contributed by atoms with Gasteiger partial charge in [0, 0.05) is 55.2 Å². The maximum absolute atomic E-state index is 12.1. The van der Waals surface area contributed by atoms with Gasteiger partial charge < -0.3 is 20.1 Å². The average molecular weight is 502 g/mol. The molecular weight excluding hydrogens is 470 g/mol. The number of carbonyl (C=O) groups is 1. The molecule has 0 spiro atoms. The van der Waals surface area contributed by atoms with Crippen molar-refractivity contribution >= 4 is 22.8 Å². The van der Waals surface area contributed by atoms with Gasteiger partial charge in [-0.15, -0.1) is 0 Å². The molecule has 10 heteroatoms. The number of aryl methyl sites for hydroxylation is 1. The Bertz CT molecular complexity index is 1410. The number of aromatic nitrogens is 5. The first-order valence-electron chi connectivity index (χ1n) is 12.3. The molecule has 5 heterocycles. The maximum atomic E-state index is 12.1. The number of nitrogens with one attached hydrogen (secondary N) is 1. The smallest absolute Gasteiger partial charge is 0.407 e. The SMILES string of the molecule is Cn1cc(-c2cc3ncccc3c(-c3ccc(N4CC[C@H](NC(=O)OC(C)(C)C)[C@@H](O)C4)nc3)n2)cn1. The number of nitrogens with zero attached hydrogens (tertiary/aromatic N) is 6. The monoisotopic (exact) mass is 501 g/mol. The van der Waals surface area contributed by atoms with Crippen LogP contribution in [0.4, 0.5) is 10.6 Å².